The minimum atomic E-state index is 0.142. The largest absolute Gasteiger partial charge is 0.384 e. The molecule has 1 aliphatic carbocycles. The fourth-order valence-corrected chi connectivity index (χ4v) is 2.88. The normalized spacial score (nSPS) is 21.5. The van der Waals surface area contributed by atoms with Crippen molar-refractivity contribution < 1.29 is 14.3 Å². The first kappa shape index (κ1) is 15.5. The standard InChI is InChI=1S/C16H25N3O3/c1-21-5-4-16(20)18-7-14(11-22-10-13-2-3-13)8-19-12-17-6-15(19)9-18/h6,12-14H,2-5,7-11H2,1H3/t14-/m1/s1. The van der Waals surface area contributed by atoms with Crippen LogP contribution in [0.5, 0.6) is 0 Å². The van der Waals surface area contributed by atoms with Crippen LogP contribution in [0, 0.1) is 11.8 Å². The number of nitrogens with zero attached hydrogens (tertiary/aromatic N) is 3. The lowest BCUT2D eigenvalue weighted by atomic mass is 10.1. The number of hydrogen-bond acceptors (Lipinski definition) is 4. The summed E-state index contributed by atoms with van der Waals surface area (Å²) in [5.74, 6) is 1.23. The summed E-state index contributed by atoms with van der Waals surface area (Å²) >= 11 is 0. The molecule has 1 aromatic heterocycles. The number of amides is 1. The predicted molar refractivity (Wildman–Crippen MR) is 81.2 cm³/mol. The number of imidazole rings is 1. The summed E-state index contributed by atoms with van der Waals surface area (Å²) in [6.45, 7) is 4.29. The molecule has 6 nitrogen and oxygen atoms in total. The second-order valence-corrected chi connectivity index (χ2v) is 6.40. The zero-order chi connectivity index (χ0) is 15.4. The van der Waals surface area contributed by atoms with Gasteiger partial charge in [0.2, 0.25) is 5.91 Å². The Balaban J connectivity index is 1.61. The SMILES string of the molecule is COCCC(=O)N1Cc2cncn2C[C@H](COCC2CC2)C1. The number of ether oxygens (including phenoxy) is 2. The highest BCUT2D eigenvalue weighted by molar-refractivity contribution is 5.76. The fourth-order valence-electron chi connectivity index (χ4n) is 2.88. The van der Waals surface area contributed by atoms with E-state index < -0.39 is 0 Å². The molecule has 0 N–H and O–H groups in total. The predicted octanol–water partition coefficient (Wildman–Crippen LogP) is 1.30. The van der Waals surface area contributed by atoms with Gasteiger partial charge in [0.05, 0.1) is 38.2 Å². The third-order valence-corrected chi connectivity index (χ3v) is 4.36. The average Bonchev–Trinajstić information content (AvgIpc) is 3.27. The molecule has 1 amide bonds. The van der Waals surface area contributed by atoms with Crippen LogP contribution in [0.15, 0.2) is 12.5 Å². The number of hydrogen-bond donors (Lipinski definition) is 0. The van der Waals surface area contributed by atoms with E-state index in [-0.39, 0.29) is 5.91 Å². The van der Waals surface area contributed by atoms with Crippen LogP contribution in [-0.4, -0.2) is 53.8 Å². The van der Waals surface area contributed by atoms with Gasteiger partial charge in [-0.3, -0.25) is 4.79 Å². The zero-order valence-electron chi connectivity index (χ0n) is 13.2. The molecule has 0 bridgehead atoms. The molecule has 1 aromatic rings. The van der Waals surface area contributed by atoms with Crippen LogP contribution in [0.1, 0.15) is 25.0 Å². The van der Waals surface area contributed by atoms with Crippen LogP contribution in [0.2, 0.25) is 0 Å². The number of rotatable bonds is 7. The number of aromatic nitrogens is 2. The third-order valence-electron chi connectivity index (χ3n) is 4.36. The Labute approximate surface area is 131 Å². The Morgan fingerprint density at radius 1 is 1.32 bits per heavy atom. The van der Waals surface area contributed by atoms with E-state index in [0.717, 1.165) is 31.3 Å². The molecule has 0 spiro atoms. The molecule has 122 valence electrons. The van der Waals surface area contributed by atoms with E-state index in [1.807, 2.05) is 17.4 Å². The molecule has 3 rings (SSSR count). The van der Waals surface area contributed by atoms with Gasteiger partial charge in [-0.2, -0.15) is 0 Å². The summed E-state index contributed by atoms with van der Waals surface area (Å²) in [6.07, 6.45) is 6.74. The Hall–Kier alpha value is -1.40. The maximum absolute atomic E-state index is 12.4. The molecule has 6 heteroatoms. The minimum Gasteiger partial charge on any atom is -0.384 e. The van der Waals surface area contributed by atoms with Crippen LogP contribution in [0.3, 0.4) is 0 Å². The molecule has 22 heavy (non-hydrogen) atoms. The van der Waals surface area contributed by atoms with E-state index in [1.165, 1.54) is 12.8 Å². The van der Waals surface area contributed by atoms with Crippen molar-refractivity contribution >= 4 is 5.91 Å². The van der Waals surface area contributed by atoms with Crippen molar-refractivity contribution in [3.63, 3.8) is 0 Å². The van der Waals surface area contributed by atoms with E-state index in [1.54, 1.807) is 7.11 Å². The minimum absolute atomic E-state index is 0.142. The lowest BCUT2D eigenvalue weighted by molar-refractivity contribution is -0.133. The molecule has 1 fully saturated rings. The van der Waals surface area contributed by atoms with Gasteiger partial charge in [-0.05, 0) is 18.8 Å². The van der Waals surface area contributed by atoms with Crippen molar-refractivity contribution in [1.29, 1.82) is 0 Å². The Kier molecular flexibility index (Phi) is 5.10. The van der Waals surface area contributed by atoms with E-state index >= 15 is 0 Å². The van der Waals surface area contributed by atoms with Crippen molar-refractivity contribution in [1.82, 2.24) is 14.5 Å². The van der Waals surface area contributed by atoms with Gasteiger partial charge in [0.25, 0.3) is 0 Å². The summed E-state index contributed by atoms with van der Waals surface area (Å²) in [7, 11) is 1.62. The summed E-state index contributed by atoms with van der Waals surface area (Å²) in [4.78, 5) is 18.5. The van der Waals surface area contributed by atoms with Gasteiger partial charge < -0.3 is 18.9 Å². The van der Waals surface area contributed by atoms with E-state index in [9.17, 15) is 4.79 Å². The van der Waals surface area contributed by atoms with Gasteiger partial charge in [0, 0.05) is 38.9 Å². The van der Waals surface area contributed by atoms with Gasteiger partial charge in [0.1, 0.15) is 0 Å². The highest BCUT2D eigenvalue weighted by Gasteiger charge is 2.26. The van der Waals surface area contributed by atoms with Gasteiger partial charge in [-0.25, -0.2) is 4.98 Å². The number of methoxy groups -OCH3 is 1. The topological polar surface area (TPSA) is 56.6 Å². The molecule has 0 radical (unpaired) electrons. The van der Waals surface area contributed by atoms with Gasteiger partial charge in [-0.1, -0.05) is 0 Å². The first-order chi connectivity index (χ1) is 10.8. The molecule has 2 aliphatic rings. The highest BCUT2D eigenvalue weighted by Crippen LogP contribution is 2.29. The van der Waals surface area contributed by atoms with E-state index in [0.29, 0.717) is 32.1 Å². The average molecular weight is 307 g/mol. The van der Waals surface area contributed by atoms with Gasteiger partial charge in [-0.15, -0.1) is 0 Å². The molecular formula is C16H25N3O3. The Morgan fingerprint density at radius 2 is 2.14 bits per heavy atom. The highest BCUT2D eigenvalue weighted by atomic mass is 16.5. The number of carbonyl (C=O) groups excluding carboxylic acids is 1. The van der Waals surface area contributed by atoms with Crippen molar-refractivity contribution in [3.8, 4) is 0 Å². The summed E-state index contributed by atoms with van der Waals surface area (Å²) in [5.41, 5.74) is 1.09. The maximum Gasteiger partial charge on any atom is 0.225 e. The van der Waals surface area contributed by atoms with Crippen LogP contribution in [0.25, 0.3) is 0 Å². The summed E-state index contributed by atoms with van der Waals surface area (Å²) < 4.78 is 13.0. The van der Waals surface area contributed by atoms with E-state index in [2.05, 4.69) is 9.55 Å². The van der Waals surface area contributed by atoms with Crippen LogP contribution < -0.4 is 0 Å². The van der Waals surface area contributed by atoms with Crippen LogP contribution >= 0.6 is 0 Å². The molecule has 2 heterocycles. The second-order valence-electron chi connectivity index (χ2n) is 6.40. The molecule has 1 atom stereocenters. The molecule has 1 aliphatic heterocycles. The zero-order valence-corrected chi connectivity index (χ0v) is 13.2. The third kappa shape index (κ3) is 4.08. The van der Waals surface area contributed by atoms with Crippen molar-refractivity contribution in [2.24, 2.45) is 11.8 Å². The quantitative estimate of drug-likeness (QED) is 0.762. The van der Waals surface area contributed by atoms with Crippen LogP contribution in [-0.2, 0) is 27.4 Å². The van der Waals surface area contributed by atoms with Gasteiger partial charge >= 0.3 is 0 Å². The summed E-state index contributed by atoms with van der Waals surface area (Å²) in [5, 5.41) is 0. The monoisotopic (exact) mass is 307 g/mol. The second kappa shape index (κ2) is 7.24. The molecular weight excluding hydrogens is 282 g/mol. The first-order valence-corrected chi connectivity index (χ1v) is 8.09. The molecule has 0 aromatic carbocycles. The Bertz CT molecular complexity index is 499. The van der Waals surface area contributed by atoms with Crippen molar-refractivity contribution in [2.45, 2.75) is 32.4 Å². The number of fused-ring (bicyclic) bond motifs is 1. The smallest absolute Gasteiger partial charge is 0.225 e. The fraction of sp³-hybridized carbons (Fsp3) is 0.750. The Morgan fingerprint density at radius 3 is 2.91 bits per heavy atom. The first-order valence-electron chi connectivity index (χ1n) is 8.09. The molecule has 1 saturated carbocycles. The lowest BCUT2D eigenvalue weighted by Gasteiger charge is -2.24. The van der Waals surface area contributed by atoms with Crippen LogP contribution in [0.4, 0.5) is 0 Å². The number of carbonyl (C=O) groups is 1. The van der Waals surface area contributed by atoms with Crippen molar-refractivity contribution in [3.05, 3.63) is 18.2 Å². The van der Waals surface area contributed by atoms with Gasteiger partial charge in [0.15, 0.2) is 0 Å². The molecule has 0 saturated heterocycles. The lowest BCUT2D eigenvalue weighted by Crippen LogP contribution is -2.35. The maximum atomic E-state index is 12.4. The summed E-state index contributed by atoms with van der Waals surface area (Å²) in [6, 6.07) is 0. The molecule has 0 unspecified atom stereocenters. The van der Waals surface area contributed by atoms with E-state index in [4.69, 9.17) is 9.47 Å². The van der Waals surface area contributed by atoms with Crippen molar-refractivity contribution in [2.75, 3.05) is 33.5 Å².